The topological polar surface area (TPSA) is 43.6 Å². The lowest BCUT2D eigenvalue weighted by atomic mass is 10.0. The van der Waals surface area contributed by atoms with Gasteiger partial charge in [0.1, 0.15) is 5.76 Å². The third kappa shape index (κ3) is 3.80. The van der Waals surface area contributed by atoms with Crippen LogP contribution in [0.1, 0.15) is 31.2 Å². The maximum Gasteiger partial charge on any atom is 0.169 e. The van der Waals surface area contributed by atoms with Crippen LogP contribution in [0.3, 0.4) is 0 Å². The van der Waals surface area contributed by atoms with Crippen molar-refractivity contribution in [3.8, 4) is 11.5 Å². The summed E-state index contributed by atoms with van der Waals surface area (Å²) in [6, 6.07) is 9.74. The van der Waals surface area contributed by atoms with Crippen molar-refractivity contribution < 1.29 is 13.9 Å². The summed E-state index contributed by atoms with van der Waals surface area (Å²) in [6.07, 6.45) is 0. The summed E-state index contributed by atoms with van der Waals surface area (Å²) in [5.41, 5.74) is 1.06. The Kier molecular flexibility index (Phi) is 5.70. The minimum atomic E-state index is -0.0359. The Labute approximate surface area is 133 Å². The fourth-order valence-electron chi connectivity index (χ4n) is 2.20. The molecule has 0 radical (unpaired) electrons. The van der Waals surface area contributed by atoms with E-state index in [1.165, 1.54) is 0 Å². The lowest BCUT2D eigenvalue weighted by Gasteiger charge is -2.17. The average Bonchev–Trinajstić information content (AvgIpc) is 2.89. The van der Waals surface area contributed by atoms with Gasteiger partial charge in [-0.15, -0.1) is 0 Å². The molecule has 0 fully saturated rings. The number of ether oxygens (including phenoxy) is 2. The number of hydrogen-bond acceptors (Lipinski definition) is 4. The van der Waals surface area contributed by atoms with Crippen LogP contribution in [0.4, 0.5) is 0 Å². The van der Waals surface area contributed by atoms with Gasteiger partial charge in [0.05, 0.1) is 19.3 Å². The summed E-state index contributed by atoms with van der Waals surface area (Å²) in [4.78, 5) is 0. The second-order valence-corrected chi connectivity index (χ2v) is 5.22. The molecule has 0 amide bonds. The van der Waals surface area contributed by atoms with Crippen LogP contribution in [0.5, 0.6) is 11.5 Å². The van der Waals surface area contributed by atoms with Crippen molar-refractivity contribution in [1.82, 2.24) is 5.32 Å². The van der Waals surface area contributed by atoms with Crippen LogP contribution in [-0.4, -0.2) is 20.3 Å². The monoisotopic (exact) mass is 353 g/mol. The summed E-state index contributed by atoms with van der Waals surface area (Å²) in [6.45, 7) is 5.13. The first-order chi connectivity index (χ1) is 10.2. The Bertz CT molecular complexity index is 583. The normalized spacial score (nSPS) is 12.2. The van der Waals surface area contributed by atoms with Gasteiger partial charge in [-0.2, -0.15) is 0 Å². The summed E-state index contributed by atoms with van der Waals surface area (Å²) in [5, 5.41) is 3.26. The Balaban J connectivity index is 2.35. The highest BCUT2D eigenvalue weighted by Crippen LogP contribution is 2.33. The third-order valence-electron chi connectivity index (χ3n) is 3.07. The molecule has 1 unspecified atom stereocenters. The maximum atomic E-state index is 5.67. The Hall–Kier alpha value is -1.46. The van der Waals surface area contributed by atoms with Gasteiger partial charge in [0.2, 0.25) is 0 Å². The molecule has 114 valence electrons. The van der Waals surface area contributed by atoms with Crippen molar-refractivity contribution in [1.29, 1.82) is 0 Å². The zero-order valence-corrected chi connectivity index (χ0v) is 14.1. The largest absolute Gasteiger partial charge is 0.490 e. The molecule has 2 aromatic rings. The number of benzene rings is 1. The quantitative estimate of drug-likeness (QED) is 0.811. The first-order valence-corrected chi connectivity index (χ1v) is 7.80. The molecule has 21 heavy (non-hydrogen) atoms. The predicted molar refractivity (Wildman–Crippen MR) is 86.1 cm³/mol. The van der Waals surface area contributed by atoms with Crippen LogP contribution in [0, 0.1) is 0 Å². The van der Waals surface area contributed by atoms with E-state index in [-0.39, 0.29) is 6.04 Å². The molecule has 1 heterocycles. The van der Waals surface area contributed by atoms with Gasteiger partial charge >= 0.3 is 0 Å². The Morgan fingerprint density at radius 2 is 1.81 bits per heavy atom. The van der Waals surface area contributed by atoms with Crippen molar-refractivity contribution in [2.45, 2.75) is 19.9 Å². The molecule has 0 aliphatic rings. The molecule has 0 spiro atoms. The molecule has 2 rings (SSSR count). The molecule has 1 atom stereocenters. The number of nitrogens with one attached hydrogen (secondary N) is 1. The molecule has 0 saturated carbocycles. The second-order valence-electron chi connectivity index (χ2n) is 4.44. The van der Waals surface area contributed by atoms with E-state index in [1.807, 2.05) is 51.2 Å². The van der Waals surface area contributed by atoms with E-state index in [0.717, 1.165) is 22.8 Å². The smallest absolute Gasteiger partial charge is 0.169 e. The molecular formula is C16H20BrNO3. The maximum absolute atomic E-state index is 5.67. The van der Waals surface area contributed by atoms with Gasteiger partial charge in [0, 0.05) is 0 Å². The number of rotatable bonds is 7. The molecule has 0 aliphatic carbocycles. The van der Waals surface area contributed by atoms with Crippen LogP contribution in [0.25, 0.3) is 0 Å². The summed E-state index contributed by atoms with van der Waals surface area (Å²) in [5.74, 6) is 2.36. The highest BCUT2D eigenvalue weighted by molar-refractivity contribution is 9.10. The summed E-state index contributed by atoms with van der Waals surface area (Å²) in [7, 11) is 1.90. The van der Waals surface area contributed by atoms with Crippen LogP contribution in [0.15, 0.2) is 39.4 Å². The van der Waals surface area contributed by atoms with Gasteiger partial charge in [-0.1, -0.05) is 6.07 Å². The van der Waals surface area contributed by atoms with Crippen LogP contribution >= 0.6 is 15.9 Å². The second kappa shape index (κ2) is 7.52. The standard InChI is InChI=1S/C16H20BrNO3/c1-4-19-12-7-6-11(10-14(12)20-5-2)16(18-3)13-8-9-15(17)21-13/h6-10,16,18H,4-5H2,1-3H3. The highest BCUT2D eigenvalue weighted by Gasteiger charge is 2.18. The summed E-state index contributed by atoms with van der Waals surface area (Å²) < 4.78 is 17.6. The van der Waals surface area contributed by atoms with Gasteiger partial charge in [-0.25, -0.2) is 0 Å². The molecule has 0 aliphatic heterocycles. The van der Waals surface area contributed by atoms with Crippen molar-refractivity contribution in [3.63, 3.8) is 0 Å². The first-order valence-electron chi connectivity index (χ1n) is 7.01. The molecule has 0 bridgehead atoms. The van der Waals surface area contributed by atoms with E-state index in [4.69, 9.17) is 13.9 Å². The van der Waals surface area contributed by atoms with E-state index in [9.17, 15) is 0 Å². The highest BCUT2D eigenvalue weighted by atomic mass is 79.9. The van der Waals surface area contributed by atoms with Gasteiger partial charge in [-0.3, -0.25) is 0 Å². The first kappa shape index (κ1) is 15.9. The van der Waals surface area contributed by atoms with E-state index in [1.54, 1.807) is 0 Å². The average molecular weight is 354 g/mol. The van der Waals surface area contributed by atoms with Crippen LogP contribution in [0.2, 0.25) is 0 Å². The molecule has 4 nitrogen and oxygen atoms in total. The number of hydrogen-bond donors (Lipinski definition) is 1. The molecule has 1 N–H and O–H groups in total. The van der Waals surface area contributed by atoms with Crippen molar-refractivity contribution >= 4 is 15.9 Å². The van der Waals surface area contributed by atoms with E-state index < -0.39 is 0 Å². The Morgan fingerprint density at radius 3 is 2.38 bits per heavy atom. The molecule has 1 aromatic heterocycles. The van der Waals surface area contributed by atoms with Gasteiger partial charge in [0.15, 0.2) is 16.2 Å². The fourth-order valence-corrected chi connectivity index (χ4v) is 2.52. The SMILES string of the molecule is CCOc1ccc(C(NC)c2ccc(Br)o2)cc1OCC. The molecule has 5 heteroatoms. The number of halogens is 1. The zero-order valence-electron chi connectivity index (χ0n) is 12.5. The van der Waals surface area contributed by atoms with Gasteiger partial charge < -0.3 is 19.2 Å². The van der Waals surface area contributed by atoms with Gasteiger partial charge in [-0.05, 0) is 66.7 Å². The molecule has 0 saturated heterocycles. The van der Waals surface area contributed by atoms with Crippen molar-refractivity contribution in [2.24, 2.45) is 0 Å². The molecular weight excluding hydrogens is 334 g/mol. The van der Waals surface area contributed by atoms with Crippen LogP contribution < -0.4 is 14.8 Å². The Morgan fingerprint density at radius 1 is 1.10 bits per heavy atom. The van der Waals surface area contributed by atoms with Crippen LogP contribution in [-0.2, 0) is 0 Å². The van der Waals surface area contributed by atoms with E-state index >= 15 is 0 Å². The third-order valence-corrected chi connectivity index (χ3v) is 3.49. The summed E-state index contributed by atoms with van der Waals surface area (Å²) >= 11 is 3.33. The fraction of sp³-hybridized carbons (Fsp3) is 0.375. The van der Waals surface area contributed by atoms with E-state index in [2.05, 4.69) is 21.2 Å². The van der Waals surface area contributed by atoms with Gasteiger partial charge in [0.25, 0.3) is 0 Å². The minimum absolute atomic E-state index is 0.0359. The lowest BCUT2D eigenvalue weighted by molar-refractivity contribution is 0.287. The minimum Gasteiger partial charge on any atom is -0.490 e. The van der Waals surface area contributed by atoms with E-state index in [0.29, 0.717) is 17.9 Å². The van der Waals surface area contributed by atoms with Crippen molar-refractivity contribution in [2.75, 3.05) is 20.3 Å². The lowest BCUT2D eigenvalue weighted by Crippen LogP contribution is -2.17. The predicted octanol–water partition coefficient (Wildman–Crippen LogP) is 4.15. The zero-order chi connectivity index (χ0) is 15.2. The van der Waals surface area contributed by atoms with Crippen molar-refractivity contribution in [3.05, 3.63) is 46.3 Å². The molecule has 1 aromatic carbocycles. The number of furan rings is 1.